The second kappa shape index (κ2) is 13.9. The van der Waals surface area contributed by atoms with Gasteiger partial charge in [0.2, 0.25) is 7.85 Å². The second-order valence-corrected chi connectivity index (χ2v) is 7.34. The molecule has 7 heteroatoms. The number of nitrogens with two attached hydrogens (primary N) is 1. The van der Waals surface area contributed by atoms with E-state index in [0.717, 1.165) is 18.4 Å². The molecule has 0 radical (unpaired) electrons. The number of carbonyl (C=O) groups excluding carboxylic acids is 1. The fourth-order valence-corrected chi connectivity index (χ4v) is 3.39. The topological polar surface area (TPSA) is 82.8 Å². The summed E-state index contributed by atoms with van der Waals surface area (Å²) < 4.78 is 16.6. The van der Waals surface area contributed by atoms with E-state index in [4.69, 9.17) is 19.9 Å². The molecule has 1 amide bonds. The van der Waals surface area contributed by atoms with E-state index >= 15 is 0 Å². The van der Waals surface area contributed by atoms with E-state index in [1.165, 1.54) is 13.4 Å². The molecule has 0 unspecified atom stereocenters. The molecule has 0 aliphatic heterocycles. The molecule has 162 valence electrons. The number of benzene rings is 2. The van der Waals surface area contributed by atoms with Gasteiger partial charge in [-0.05, 0) is 30.4 Å². The van der Waals surface area contributed by atoms with Crippen molar-refractivity contribution in [2.45, 2.75) is 37.5 Å². The van der Waals surface area contributed by atoms with Gasteiger partial charge < -0.3 is 25.3 Å². The van der Waals surface area contributed by atoms with Gasteiger partial charge in [0.1, 0.15) is 6.79 Å². The Kier molecular flexibility index (Phi) is 11.2. The van der Waals surface area contributed by atoms with Gasteiger partial charge >= 0.3 is 0 Å². The number of hydrogen-bond donors (Lipinski definition) is 2. The third-order valence-electron chi connectivity index (χ3n) is 4.89. The molecule has 0 spiro atoms. The maximum atomic E-state index is 11.9. The molecule has 3 atom stereocenters. The molecule has 0 aliphatic rings. The zero-order chi connectivity index (χ0) is 21.6. The minimum Gasteiger partial charge on any atom is -0.382 e. The molecule has 0 saturated heterocycles. The number of carbonyl (C=O) groups is 1. The van der Waals surface area contributed by atoms with Crippen LogP contribution in [-0.4, -0.2) is 59.0 Å². The summed E-state index contributed by atoms with van der Waals surface area (Å²) in [7, 11) is 3.14. The fraction of sp³-hybridized carbons (Fsp3) is 0.435. The molecule has 2 aromatic carbocycles. The van der Waals surface area contributed by atoms with Gasteiger partial charge in [-0.3, -0.25) is 4.79 Å². The van der Waals surface area contributed by atoms with Crippen LogP contribution >= 0.6 is 0 Å². The summed E-state index contributed by atoms with van der Waals surface area (Å²) in [5, 5.41) is 3.04. The summed E-state index contributed by atoms with van der Waals surface area (Å²) in [5.41, 5.74) is 8.92. The molecular formula is C23H33BN2O4. The first-order valence-corrected chi connectivity index (χ1v) is 10.4. The average molecular weight is 412 g/mol. The number of hydrogen-bond acceptors (Lipinski definition) is 5. The number of amides is 1. The Morgan fingerprint density at radius 3 is 2.27 bits per heavy atom. The minimum atomic E-state index is -0.389. The number of methoxy groups -OCH3 is 1. The van der Waals surface area contributed by atoms with Crippen LogP contribution in [0.2, 0.25) is 0 Å². The summed E-state index contributed by atoms with van der Waals surface area (Å²) >= 11 is 0. The first-order chi connectivity index (χ1) is 14.6. The fourth-order valence-electron chi connectivity index (χ4n) is 3.39. The Hall–Kier alpha value is -2.19. The Morgan fingerprint density at radius 2 is 1.67 bits per heavy atom. The number of ether oxygens (including phenoxy) is 3. The van der Waals surface area contributed by atoms with E-state index in [9.17, 15) is 4.79 Å². The van der Waals surface area contributed by atoms with Crippen LogP contribution in [0, 0.1) is 0 Å². The van der Waals surface area contributed by atoms with Crippen molar-refractivity contribution in [3.8, 4) is 0 Å². The number of rotatable bonds is 14. The molecule has 30 heavy (non-hydrogen) atoms. The van der Waals surface area contributed by atoms with E-state index in [-0.39, 0.29) is 30.8 Å². The summed E-state index contributed by atoms with van der Waals surface area (Å²) in [6.07, 6.45) is 1.81. The lowest BCUT2D eigenvalue weighted by Crippen LogP contribution is -2.54. The van der Waals surface area contributed by atoms with E-state index in [1.54, 1.807) is 7.11 Å². The third kappa shape index (κ3) is 9.09. The molecule has 0 heterocycles. The molecule has 0 fully saturated rings. The van der Waals surface area contributed by atoms with E-state index in [0.29, 0.717) is 19.6 Å². The molecule has 3 N–H and O–H groups in total. The predicted octanol–water partition coefficient (Wildman–Crippen LogP) is 1.91. The smallest absolute Gasteiger partial charge is 0.215 e. The van der Waals surface area contributed by atoms with Crippen LogP contribution in [0.15, 0.2) is 60.7 Å². The zero-order valence-corrected chi connectivity index (χ0v) is 18.0. The Bertz CT molecular complexity index is 718. The maximum absolute atomic E-state index is 11.9. The third-order valence-corrected chi connectivity index (χ3v) is 4.89. The Morgan fingerprint density at radius 1 is 1.03 bits per heavy atom. The lowest BCUT2D eigenvalue weighted by atomic mass is 9.92. The van der Waals surface area contributed by atoms with Crippen molar-refractivity contribution in [2.75, 3.05) is 27.1 Å². The average Bonchev–Trinajstić information content (AvgIpc) is 2.75. The van der Waals surface area contributed by atoms with Crippen LogP contribution in [0.4, 0.5) is 4.79 Å². The van der Waals surface area contributed by atoms with Crippen molar-refractivity contribution in [3.63, 3.8) is 0 Å². The normalized spacial score (nSPS) is 14.1. The Balaban J connectivity index is 2.08. The van der Waals surface area contributed by atoms with Gasteiger partial charge in [-0.2, -0.15) is 0 Å². The van der Waals surface area contributed by atoms with Crippen molar-refractivity contribution in [2.24, 2.45) is 5.73 Å². The first kappa shape index (κ1) is 24.1. The monoisotopic (exact) mass is 412 g/mol. The van der Waals surface area contributed by atoms with Crippen LogP contribution in [0.3, 0.4) is 0 Å². The van der Waals surface area contributed by atoms with Crippen molar-refractivity contribution < 1.29 is 19.0 Å². The van der Waals surface area contributed by atoms with Gasteiger partial charge in [0.15, 0.2) is 5.81 Å². The summed E-state index contributed by atoms with van der Waals surface area (Å²) in [4.78, 5) is 11.9. The Labute approximate surface area is 180 Å². The standard InChI is InChI=1S/C23H33BN2O4/c1-28-14-15-29-17-30-22(20(25)13-12-18-8-4-2-5-9-18)21(26-23(24)27)16-19-10-6-3-7-11-19/h2-11,20-22H,12-17,24-25H2,1H3,(H,26,27)/t20-,21-,22-/m1/s1. The summed E-state index contributed by atoms with van der Waals surface area (Å²) in [5.74, 6) is -0.111. The largest absolute Gasteiger partial charge is 0.382 e. The van der Waals surface area contributed by atoms with Crippen molar-refractivity contribution in [1.82, 2.24) is 5.32 Å². The highest BCUT2D eigenvalue weighted by molar-refractivity contribution is 6.57. The van der Waals surface area contributed by atoms with Gasteiger partial charge in [-0.1, -0.05) is 60.7 Å². The highest BCUT2D eigenvalue weighted by Crippen LogP contribution is 2.15. The van der Waals surface area contributed by atoms with Crippen LogP contribution in [-0.2, 0) is 27.1 Å². The van der Waals surface area contributed by atoms with Gasteiger partial charge in [-0.15, -0.1) is 0 Å². The van der Waals surface area contributed by atoms with Crippen LogP contribution in [0.1, 0.15) is 17.5 Å². The second-order valence-electron chi connectivity index (χ2n) is 7.34. The quantitative estimate of drug-likeness (QED) is 0.281. The number of nitrogens with one attached hydrogen (secondary N) is 1. The maximum Gasteiger partial charge on any atom is 0.215 e. The first-order valence-electron chi connectivity index (χ1n) is 10.4. The van der Waals surface area contributed by atoms with Gasteiger partial charge in [0, 0.05) is 13.2 Å². The predicted molar refractivity (Wildman–Crippen MR) is 121 cm³/mol. The van der Waals surface area contributed by atoms with Crippen molar-refractivity contribution >= 4 is 13.7 Å². The van der Waals surface area contributed by atoms with Gasteiger partial charge in [0.25, 0.3) is 0 Å². The SMILES string of the molecule is BC(=O)N[C@H](Cc1ccccc1)[C@H](OCOCCOC)[C@H](N)CCc1ccccc1. The van der Waals surface area contributed by atoms with E-state index in [2.05, 4.69) is 17.4 Å². The minimum absolute atomic E-state index is 0.0952. The van der Waals surface area contributed by atoms with Crippen molar-refractivity contribution in [1.29, 1.82) is 0 Å². The van der Waals surface area contributed by atoms with Gasteiger partial charge in [-0.25, -0.2) is 0 Å². The zero-order valence-electron chi connectivity index (χ0n) is 18.0. The molecule has 0 aromatic heterocycles. The lowest BCUT2D eigenvalue weighted by molar-refractivity contribution is -0.112. The van der Waals surface area contributed by atoms with E-state index in [1.807, 2.05) is 48.5 Å². The van der Waals surface area contributed by atoms with Crippen LogP contribution in [0.25, 0.3) is 0 Å². The molecule has 2 aromatic rings. The summed E-state index contributed by atoms with van der Waals surface area (Å²) in [6.45, 7) is 1.02. The molecule has 0 aliphatic carbocycles. The molecular weight excluding hydrogens is 379 g/mol. The highest BCUT2D eigenvalue weighted by Gasteiger charge is 2.29. The molecule has 6 nitrogen and oxygen atoms in total. The molecule has 0 saturated carbocycles. The summed E-state index contributed by atoms with van der Waals surface area (Å²) in [6, 6.07) is 19.7. The van der Waals surface area contributed by atoms with Crippen molar-refractivity contribution in [3.05, 3.63) is 71.8 Å². The highest BCUT2D eigenvalue weighted by atomic mass is 16.7. The molecule has 0 bridgehead atoms. The van der Waals surface area contributed by atoms with Crippen LogP contribution < -0.4 is 11.1 Å². The molecule has 2 rings (SSSR count). The van der Waals surface area contributed by atoms with Crippen LogP contribution in [0.5, 0.6) is 0 Å². The number of aryl methyl sites for hydroxylation is 1. The van der Waals surface area contributed by atoms with E-state index < -0.39 is 0 Å². The lowest BCUT2D eigenvalue weighted by Gasteiger charge is -2.32. The van der Waals surface area contributed by atoms with Gasteiger partial charge in [0.05, 0.1) is 25.4 Å².